The van der Waals surface area contributed by atoms with Gasteiger partial charge in [-0.1, -0.05) is 49.4 Å². The number of hydrogen-bond acceptors (Lipinski definition) is 3. The van der Waals surface area contributed by atoms with Gasteiger partial charge in [-0.05, 0) is 37.6 Å². The van der Waals surface area contributed by atoms with E-state index in [1.165, 1.54) is 32.1 Å². The molecule has 0 spiro atoms. The van der Waals surface area contributed by atoms with Gasteiger partial charge in [0.15, 0.2) is 0 Å². The van der Waals surface area contributed by atoms with Crippen molar-refractivity contribution in [2.75, 3.05) is 19.7 Å². The normalized spacial score (nSPS) is 16.9. The quantitative estimate of drug-likeness (QED) is 0.734. The molecule has 1 aliphatic carbocycles. The second-order valence-corrected chi connectivity index (χ2v) is 6.76. The van der Waals surface area contributed by atoms with Crippen LogP contribution in [0.5, 0.6) is 5.75 Å². The summed E-state index contributed by atoms with van der Waals surface area (Å²) >= 11 is 11.9. The molecule has 1 fully saturated rings. The average Bonchev–Trinajstić information content (AvgIpc) is 2.52. The van der Waals surface area contributed by atoms with E-state index in [1.807, 2.05) is 0 Å². The van der Waals surface area contributed by atoms with E-state index in [1.54, 1.807) is 18.2 Å². The molecule has 0 bridgehead atoms. The molecule has 6 heteroatoms. The predicted octanol–water partition coefficient (Wildman–Crippen LogP) is 4.81. The molecule has 1 aromatic carbocycles. The van der Waals surface area contributed by atoms with E-state index in [2.05, 4.69) is 11.8 Å². The largest absolute Gasteiger partial charge is 0.489 e. The highest BCUT2D eigenvalue weighted by Crippen LogP contribution is 2.27. The summed E-state index contributed by atoms with van der Waals surface area (Å²) in [6.45, 7) is 4.00. The first-order valence-corrected chi connectivity index (χ1v) is 8.85. The molecular weight excluding hydrogens is 357 g/mol. The third-order valence-corrected chi connectivity index (χ3v) is 4.80. The van der Waals surface area contributed by atoms with Crippen molar-refractivity contribution in [2.45, 2.75) is 51.2 Å². The van der Waals surface area contributed by atoms with Crippen molar-refractivity contribution in [1.29, 1.82) is 0 Å². The monoisotopic (exact) mass is 381 g/mol. The summed E-state index contributed by atoms with van der Waals surface area (Å²) in [4.78, 5) is 2.37. The topological polar surface area (TPSA) is 32.7 Å². The summed E-state index contributed by atoms with van der Waals surface area (Å²) in [5, 5.41) is 11.3. The summed E-state index contributed by atoms with van der Waals surface area (Å²) in [5.74, 6) is 0.561. The van der Waals surface area contributed by atoms with Gasteiger partial charge in [-0.2, -0.15) is 0 Å². The van der Waals surface area contributed by atoms with Gasteiger partial charge >= 0.3 is 0 Å². The van der Waals surface area contributed by atoms with Crippen LogP contribution in [0.4, 0.5) is 0 Å². The van der Waals surface area contributed by atoms with Crippen molar-refractivity contribution in [3.05, 3.63) is 28.2 Å². The molecule has 1 atom stereocenters. The van der Waals surface area contributed by atoms with Crippen LogP contribution in [0.3, 0.4) is 0 Å². The Balaban J connectivity index is 0.00000264. The Labute approximate surface area is 155 Å². The summed E-state index contributed by atoms with van der Waals surface area (Å²) < 4.78 is 5.62. The highest BCUT2D eigenvalue weighted by Gasteiger charge is 2.22. The number of ether oxygens (including phenoxy) is 1. The molecule has 132 valence electrons. The van der Waals surface area contributed by atoms with E-state index >= 15 is 0 Å². The summed E-state index contributed by atoms with van der Waals surface area (Å²) in [7, 11) is 0. The van der Waals surface area contributed by atoms with Crippen LogP contribution < -0.4 is 4.74 Å². The Morgan fingerprint density at radius 2 is 1.96 bits per heavy atom. The fourth-order valence-electron chi connectivity index (χ4n) is 3.08. The number of rotatable bonds is 7. The molecule has 1 saturated carbocycles. The number of benzene rings is 1. The van der Waals surface area contributed by atoms with Crippen LogP contribution in [0.2, 0.25) is 10.0 Å². The molecule has 3 nitrogen and oxygen atoms in total. The number of likely N-dealkylation sites (N-methyl/N-ethyl adjacent to an activating group) is 1. The lowest BCUT2D eigenvalue weighted by atomic mass is 9.94. The molecule has 0 saturated heterocycles. The molecule has 0 heterocycles. The number of nitrogens with zero attached hydrogens (tertiary/aromatic N) is 1. The minimum absolute atomic E-state index is 0. The standard InChI is InChI=1S/C17H25Cl2NO2.ClH/c1-2-20(14-6-4-3-5-7-14)11-15(21)12-22-17-9-8-13(18)10-16(17)19;/h8-10,14-15,21H,2-7,11-12H2,1H3;1H. The van der Waals surface area contributed by atoms with Crippen molar-refractivity contribution in [3.8, 4) is 5.75 Å². The zero-order valence-corrected chi connectivity index (χ0v) is 15.8. The molecule has 2 rings (SSSR count). The van der Waals surface area contributed by atoms with Crippen molar-refractivity contribution in [1.82, 2.24) is 4.90 Å². The van der Waals surface area contributed by atoms with E-state index in [9.17, 15) is 5.11 Å². The number of halogens is 3. The lowest BCUT2D eigenvalue weighted by Gasteiger charge is -2.34. The third-order valence-electron chi connectivity index (χ3n) is 4.27. The van der Waals surface area contributed by atoms with Crippen LogP contribution in [0, 0.1) is 0 Å². The first-order chi connectivity index (χ1) is 10.6. The van der Waals surface area contributed by atoms with Gasteiger partial charge in [0.2, 0.25) is 0 Å². The van der Waals surface area contributed by atoms with Crippen molar-refractivity contribution in [2.24, 2.45) is 0 Å². The predicted molar refractivity (Wildman–Crippen MR) is 99.3 cm³/mol. The van der Waals surface area contributed by atoms with Crippen LogP contribution in [0.15, 0.2) is 18.2 Å². The average molecular weight is 383 g/mol. The van der Waals surface area contributed by atoms with Crippen LogP contribution >= 0.6 is 35.6 Å². The Morgan fingerprint density at radius 3 is 2.57 bits per heavy atom. The Morgan fingerprint density at radius 1 is 1.26 bits per heavy atom. The molecule has 1 aliphatic rings. The van der Waals surface area contributed by atoms with Gasteiger partial charge in [-0.15, -0.1) is 12.4 Å². The van der Waals surface area contributed by atoms with Gasteiger partial charge < -0.3 is 9.84 Å². The van der Waals surface area contributed by atoms with Crippen LogP contribution in [0.1, 0.15) is 39.0 Å². The molecular formula is C17H26Cl3NO2. The minimum atomic E-state index is -0.520. The summed E-state index contributed by atoms with van der Waals surface area (Å²) in [6, 6.07) is 5.71. The summed E-state index contributed by atoms with van der Waals surface area (Å²) in [5.41, 5.74) is 0. The maximum atomic E-state index is 10.3. The van der Waals surface area contributed by atoms with E-state index in [0.29, 0.717) is 28.4 Å². The molecule has 1 aromatic rings. The van der Waals surface area contributed by atoms with Crippen LogP contribution in [0.25, 0.3) is 0 Å². The third kappa shape index (κ3) is 6.67. The second-order valence-electron chi connectivity index (χ2n) is 5.92. The smallest absolute Gasteiger partial charge is 0.138 e. The molecule has 0 aromatic heterocycles. The van der Waals surface area contributed by atoms with E-state index < -0.39 is 6.10 Å². The second kappa shape index (κ2) is 10.6. The van der Waals surface area contributed by atoms with Crippen molar-refractivity contribution in [3.63, 3.8) is 0 Å². The fraction of sp³-hybridized carbons (Fsp3) is 0.647. The maximum Gasteiger partial charge on any atom is 0.138 e. The van der Waals surface area contributed by atoms with Gasteiger partial charge in [-0.3, -0.25) is 4.90 Å². The fourth-order valence-corrected chi connectivity index (χ4v) is 3.55. The molecule has 1 unspecified atom stereocenters. The van der Waals surface area contributed by atoms with E-state index in [4.69, 9.17) is 27.9 Å². The number of aliphatic hydroxyl groups is 1. The molecule has 1 N–H and O–H groups in total. The Bertz CT molecular complexity index is 467. The SMILES string of the molecule is CCN(CC(O)COc1ccc(Cl)cc1Cl)C1CCCCC1.Cl. The van der Waals surface area contributed by atoms with Gasteiger partial charge in [0.05, 0.1) is 5.02 Å². The first-order valence-electron chi connectivity index (χ1n) is 8.10. The first kappa shape index (κ1) is 20.9. The number of hydrogen-bond donors (Lipinski definition) is 1. The zero-order valence-electron chi connectivity index (χ0n) is 13.5. The van der Waals surface area contributed by atoms with Gasteiger partial charge in [0.1, 0.15) is 18.5 Å². The number of aliphatic hydroxyl groups excluding tert-OH is 1. The Kier molecular flexibility index (Phi) is 9.64. The van der Waals surface area contributed by atoms with Crippen molar-refractivity contribution < 1.29 is 9.84 Å². The van der Waals surface area contributed by atoms with Gasteiger partial charge in [-0.25, -0.2) is 0 Å². The van der Waals surface area contributed by atoms with Crippen molar-refractivity contribution >= 4 is 35.6 Å². The Hall–Kier alpha value is -0.190. The molecule has 0 radical (unpaired) electrons. The zero-order chi connectivity index (χ0) is 15.9. The van der Waals surface area contributed by atoms with E-state index in [0.717, 1.165) is 6.54 Å². The van der Waals surface area contributed by atoms with E-state index in [-0.39, 0.29) is 19.0 Å². The van der Waals surface area contributed by atoms with Crippen LogP contribution in [-0.2, 0) is 0 Å². The summed E-state index contributed by atoms with van der Waals surface area (Å²) in [6.07, 6.45) is 5.90. The minimum Gasteiger partial charge on any atom is -0.489 e. The lowest BCUT2D eigenvalue weighted by molar-refractivity contribution is 0.0464. The van der Waals surface area contributed by atoms with Crippen LogP contribution in [-0.4, -0.2) is 41.8 Å². The lowest BCUT2D eigenvalue weighted by Crippen LogP contribution is -2.43. The van der Waals surface area contributed by atoms with Gasteiger partial charge in [0.25, 0.3) is 0 Å². The maximum absolute atomic E-state index is 10.3. The molecule has 23 heavy (non-hydrogen) atoms. The van der Waals surface area contributed by atoms with Gasteiger partial charge in [0, 0.05) is 17.6 Å². The highest BCUT2D eigenvalue weighted by molar-refractivity contribution is 6.35. The highest BCUT2D eigenvalue weighted by atomic mass is 35.5. The molecule has 0 amide bonds. The molecule has 0 aliphatic heterocycles.